The number of benzene rings is 2. The SMILES string of the molecule is C[C@@H](NCc1ccc(/C(N)=N/O)cc1)c1cccc(Br)c1. The number of nitrogens with zero attached hydrogens (tertiary/aromatic N) is 1. The van der Waals surface area contributed by atoms with E-state index in [0.717, 1.165) is 16.6 Å². The summed E-state index contributed by atoms with van der Waals surface area (Å²) in [6.07, 6.45) is 0. The molecule has 2 aromatic carbocycles. The molecule has 0 unspecified atom stereocenters. The van der Waals surface area contributed by atoms with Crippen molar-refractivity contribution in [2.45, 2.75) is 19.5 Å². The first kappa shape index (κ1) is 15.5. The van der Waals surface area contributed by atoms with Gasteiger partial charge in [0.05, 0.1) is 0 Å². The quantitative estimate of drug-likeness (QED) is 0.336. The number of nitrogens with one attached hydrogen (secondary N) is 1. The summed E-state index contributed by atoms with van der Waals surface area (Å²) < 4.78 is 1.08. The van der Waals surface area contributed by atoms with Crippen LogP contribution in [0.25, 0.3) is 0 Å². The molecule has 0 fully saturated rings. The lowest BCUT2D eigenvalue weighted by Gasteiger charge is -2.15. The van der Waals surface area contributed by atoms with Crippen LogP contribution in [0.3, 0.4) is 0 Å². The van der Waals surface area contributed by atoms with E-state index >= 15 is 0 Å². The predicted molar refractivity (Wildman–Crippen MR) is 88.3 cm³/mol. The minimum absolute atomic E-state index is 0.122. The van der Waals surface area contributed by atoms with Crippen LogP contribution < -0.4 is 11.1 Å². The molecular weight excluding hydrogens is 330 g/mol. The molecule has 4 N–H and O–H groups in total. The molecule has 4 nitrogen and oxygen atoms in total. The first-order valence-electron chi connectivity index (χ1n) is 6.66. The molecular formula is C16H18BrN3O. The Balaban J connectivity index is 1.96. The van der Waals surface area contributed by atoms with Crippen molar-refractivity contribution in [2.75, 3.05) is 0 Å². The normalized spacial score (nSPS) is 13.1. The maximum absolute atomic E-state index is 8.63. The van der Waals surface area contributed by atoms with Crippen molar-refractivity contribution in [3.05, 3.63) is 69.7 Å². The van der Waals surface area contributed by atoms with Crippen LogP contribution in [0.1, 0.15) is 29.7 Å². The first-order valence-corrected chi connectivity index (χ1v) is 7.45. The van der Waals surface area contributed by atoms with Crippen LogP contribution in [0.2, 0.25) is 0 Å². The molecule has 0 saturated carbocycles. The third-order valence-electron chi connectivity index (χ3n) is 3.32. The number of oxime groups is 1. The summed E-state index contributed by atoms with van der Waals surface area (Å²) in [6, 6.07) is 16.1. The molecule has 21 heavy (non-hydrogen) atoms. The second kappa shape index (κ2) is 7.24. The highest BCUT2D eigenvalue weighted by Crippen LogP contribution is 2.18. The second-order valence-corrected chi connectivity index (χ2v) is 5.76. The fraction of sp³-hybridized carbons (Fsp3) is 0.188. The lowest BCUT2D eigenvalue weighted by atomic mass is 10.1. The maximum atomic E-state index is 8.63. The monoisotopic (exact) mass is 347 g/mol. The summed E-state index contributed by atoms with van der Waals surface area (Å²) in [4.78, 5) is 0. The number of halogens is 1. The van der Waals surface area contributed by atoms with Crippen molar-refractivity contribution in [1.82, 2.24) is 5.32 Å². The highest BCUT2D eigenvalue weighted by molar-refractivity contribution is 9.10. The molecule has 0 aliphatic carbocycles. The summed E-state index contributed by atoms with van der Waals surface area (Å²) in [5.41, 5.74) is 8.62. The van der Waals surface area contributed by atoms with E-state index in [1.807, 2.05) is 36.4 Å². The van der Waals surface area contributed by atoms with Crippen molar-refractivity contribution in [3.63, 3.8) is 0 Å². The number of rotatable bonds is 5. The summed E-state index contributed by atoms with van der Waals surface area (Å²) in [6.45, 7) is 2.89. The van der Waals surface area contributed by atoms with Crippen molar-refractivity contribution >= 4 is 21.8 Å². The van der Waals surface area contributed by atoms with Gasteiger partial charge in [-0.15, -0.1) is 0 Å². The largest absolute Gasteiger partial charge is 0.409 e. The van der Waals surface area contributed by atoms with E-state index in [0.29, 0.717) is 5.56 Å². The van der Waals surface area contributed by atoms with Gasteiger partial charge in [-0.05, 0) is 30.2 Å². The first-order chi connectivity index (χ1) is 10.1. The van der Waals surface area contributed by atoms with Crippen LogP contribution in [-0.2, 0) is 6.54 Å². The molecule has 0 spiro atoms. The molecule has 0 aliphatic heterocycles. The van der Waals surface area contributed by atoms with Crippen LogP contribution in [0.15, 0.2) is 58.2 Å². The van der Waals surface area contributed by atoms with E-state index < -0.39 is 0 Å². The third-order valence-corrected chi connectivity index (χ3v) is 3.81. The molecule has 2 rings (SSSR count). The minimum Gasteiger partial charge on any atom is -0.409 e. The number of hydrogen-bond acceptors (Lipinski definition) is 3. The number of hydrogen-bond donors (Lipinski definition) is 3. The topological polar surface area (TPSA) is 70.6 Å². The van der Waals surface area contributed by atoms with E-state index in [-0.39, 0.29) is 11.9 Å². The van der Waals surface area contributed by atoms with Crippen molar-refractivity contribution < 1.29 is 5.21 Å². The van der Waals surface area contributed by atoms with Crippen molar-refractivity contribution in [2.24, 2.45) is 10.9 Å². The zero-order chi connectivity index (χ0) is 15.2. The Kier molecular flexibility index (Phi) is 5.36. The summed E-state index contributed by atoms with van der Waals surface area (Å²) in [5, 5.41) is 15.1. The molecule has 0 aliphatic rings. The average Bonchev–Trinajstić information content (AvgIpc) is 2.52. The summed E-state index contributed by atoms with van der Waals surface area (Å²) >= 11 is 3.48. The van der Waals surface area contributed by atoms with Gasteiger partial charge in [0.15, 0.2) is 5.84 Å². The second-order valence-electron chi connectivity index (χ2n) is 4.84. The Hall–Kier alpha value is -1.85. The van der Waals surface area contributed by atoms with Gasteiger partial charge >= 0.3 is 0 Å². The van der Waals surface area contributed by atoms with E-state index in [1.165, 1.54) is 5.56 Å². The molecule has 0 aromatic heterocycles. The Morgan fingerprint density at radius 3 is 2.62 bits per heavy atom. The van der Waals surface area contributed by atoms with Gasteiger partial charge in [0.1, 0.15) is 0 Å². The van der Waals surface area contributed by atoms with E-state index in [2.05, 4.69) is 45.5 Å². The van der Waals surface area contributed by atoms with E-state index in [4.69, 9.17) is 10.9 Å². The molecule has 110 valence electrons. The fourth-order valence-corrected chi connectivity index (χ4v) is 2.43. The van der Waals surface area contributed by atoms with Gasteiger partial charge in [0, 0.05) is 22.6 Å². The summed E-state index contributed by atoms with van der Waals surface area (Å²) in [5.74, 6) is 0.122. The molecule has 0 radical (unpaired) electrons. The van der Waals surface area contributed by atoms with Gasteiger partial charge in [-0.3, -0.25) is 0 Å². The van der Waals surface area contributed by atoms with E-state index in [9.17, 15) is 0 Å². The Labute approximate surface area is 132 Å². The zero-order valence-electron chi connectivity index (χ0n) is 11.8. The molecule has 0 heterocycles. The Morgan fingerprint density at radius 2 is 2.00 bits per heavy atom. The van der Waals surface area contributed by atoms with Crippen LogP contribution >= 0.6 is 15.9 Å². The maximum Gasteiger partial charge on any atom is 0.170 e. The van der Waals surface area contributed by atoms with Crippen LogP contribution in [-0.4, -0.2) is 11.0 Å². The van der Waals surface area contributed by atoms with Gasteiger partial charge in [-0.25, -0.2) is 0 Å². The minimum atomic E-state index is 0.122. The van der Waals surface area contributed by atoms with Crippen LogP contribution in [0.4, 0.5) is 0 Å². The standard InChI is InChI=1S/C16H18BrN3O/c1-11(14-3-2-4-15(17)9-14)19-10-12-5-7-13(8-6-12)16(18)20-21/h2-9,11,19,21H,10H2,1H3,(H2,18,20)/t11-/m1/s1. The van der Waals surface area contributed by atoms with Crippen molar-refractivity contribution in [1.29, 1.82) is 0 Å². The van der Waals surface area contributed by atoms with E-state index in [1.54, 1.807) is 0 Å². The third kappa shape index (κ3) is 4.31. The van der Waals surface area contributed by atoms with Gasteiger partial charge in [0.2, 0.25) is 0 Å². The molecule has 0 bridgehead atoms. The van der Waals surface area contributed by atoms with Crippen LogP contribution in [0, 0.1) is 0 Å². The van der Waals surface area contributed by atoms with Gasteiger partial charge < -0.3 is 16.3 Å². The molecule has 2 aromatic rings. The van der Waals surface area contributed by atoms with Crippen LogP contribution in [0.5, 0.6) is 0 Å². The zero-order valence-corrected chi connectivity index (χ0v) is 13.3. The lowest BCUT2D eigenvalue weighted by Crippen LogP contribution is -2.18. The smallest absolute Gasteiger partial charge is 0.170 e. The highest BCUT2D eigenvalue weighted by Gasteiger charge is 2.05. The Bertz CT molecular complexity index is 626. The summed E-state index contributed by atoms with van der Waals surface area (Å²) in [7, 11) is 0. The fourth-order valence-electron chi connectivity index (χ4n) is 2.02. The number of amidine groups is 1. The number of nitrogens with two attached hydrogens (primary N) is 1. The molecule has 5 heteroatoms. The van der Waals surface area contributed by atoms with Gasteiger partial charge in [-0.1, -0.05) is 57.5 Å². The molecule has 1 atom stereocenters. The highest BCUT2D eigenvalue weighted by atomic mass is 79.9. The van der Waals surface area contributed by atoms with Crippen molar-refractivity contribution in [3.8, 4) is 0 Å². The Morgan fingerprint density at radius 1 is 1.29 bits per heavy atom. The van der Waals surface area contributed by atoms with Gasteiger partial charge in [0.25, 0.3) is 0 Å². The predicted octanol–water partition coefficient (Wildman–Crippen LogP) is 3.39. The molecule has 0 amide bonds. The molecule has 0 saturated heterocycles. The van der Waals surface area contributed by atoms with Gasteiger partial charge in [-0.2, -0.15) is 0 Å². The lowest BCUT2D eigenvalue weighted by molar-refractivity contribution is 0.318. The average molecular weight is 348 g/mol.